The highest BCUT2D eigenvalue weighted by molar-refractivity contribution is 7.90. The molecule has 0 aliphatic carbocycles. The van der Waals surface area contributed by atoms with E-state index < -0.39 is 9.84 Å². The average molecular weight is 213 g/mol. The number of thiocarbonyl (C=S) groups is 1. The Morgan fingerprint density at radius 3 is 2.23 bits per heavy atom. The molecule has 1 aromatic rings. The first-order valence-electron chi connectivity index (χ1n) is 3.42. The van der Waals surface area contributed by atoms with Gasteiger partial charge in [0.2, 0.25) is 0 Å². The van der Waals surface area contributed by atoms with Crippen molar-refractivity contribution < 1.29 is 8.42 Å². The summed E-state index contributed by atoms with van der Waals surface area (Å²) < 4.78 is 22.1. The molecule has 0 aromatic heterocycles. The third-order valence-electron chi connectivity index (χ3n) is 1.44. The first-order valence-corrected chi connectivity index (χ1v) is 5.72. The summed E-state index contributed by atoms with van der Waals surface area (Å²) >= 11 is 4.41. The number of nitrogens with zero attached hydrogens (tertiary/aromatic N) is 1. The predicted molar refractivity (Wildman–Crippen MR) is 54.2 cm³/mol. The Morgan fingerprint density at radius 1 is 1.31 bits per heavy atom. The first kappa shape index (κ1) is 10.1. The summed E-state index contributed by atoms with van der Waals surface area (Å²) in [6.07, 6.45) is 1.16. The Labute approximate surface area is 82.0 Å². The van der Waals surface area contributed by atoms with Gasteiger partial charge in [0.05, 0.1) is 15.7 Å². The molecule has 0 radical (unpaired) electrons. The van der Waals surface area contributed by atoms with E-state index >= 15 is 0 Å². The number of benzene rings is 1. The zero-order valence-corrected chi connectivity index (χ0v) is 8.52. The van der Waals surface area contributed by atoms with Gasteiger partial charge in [-0.2, -0.15) is 4.99 Å². The molecule has 0 unspecified atom stereocenters. The van der Waals surface area contributed by atoms with Gasteiger partial charge in [-0.1, -0.05) is 0 Å². The van der Waals surface area contributed by atoms with Crippen molar-refractivity contribution in [2.75, 3.05) is 6.26 Å². The van der Waals surface area contributed by atoms with E-state index in [1.165, 1.54) is 12.1 Å². The second-order valence-electron chi connectivity index (χ2n) is 2.47. The highest BCUT2D eigenvalue weighted by Crippen LogP contribution is 2.15. The molecule has 0 saturated carbocycles. The lowest BCUT2D eigenvalue weighted by molar-refractivity contribution is 0.602. The number of rotatable bonds is 2. The Bertz CT molecular complexity index is 442. The lowest BCUT2D eigenvalue weighted by atomic mass is 10.3. The molecular formula is C8H7NO2S2. The standard InChI is InChI=1S/C8H7NO2S2/c1-13(10,11)8-4-2-7(3-5-8)9-6-12/h2-5H,1H3. The van der Waals surface area contributed by atoms with Gasteiger partial charge in [0.15, 0.2) is 9.84 Å². The molecule has 0 bridgehead atoms. The summed E-state index contributed by atoms with van der Waals surface area (Å²) in [6.45, 7) is 0. The highest BCUT2D eigenvalue weighted by atomic mass is 32.2. The van der Waals surface area contributed by atoms with Crippen molar-refractivity contribution in [3.8, 4) is 0 Å². The normalized spacial score (nSPS) is 10.5. The molecule has 0 amide bonds. The van der Waals surface area contributed by atoms with Gasteiger partial charge >= 0.3 is 0 Å². The van der Waals surface area contributed by atoms with Crippen LogP contribution in [0.1, 0.15) is 0 Å². The summed E-state index contributed by atoms with van der Waals surface area (Å²) in [7, 11) is -3.12. The lowest BCUT2D eigenvalue weighted by Gasteiger charge is -1.96. The molecule has 68 valence electrons. The fourth-order valence-electron chi connectivity index (χ4n) is 0.821. The Morgan fingerprint density at radius 2 is 1.85 bits per heavy atom. The number of hydrogen-bond acceptors (Lipinski definition) is 4. The van der Waals surface area contributed by atoms with E-state index in [0.717, 1.165) is 6.26 Å². The summed E-state index contributed by atoms with van der Waals surface area (Å²) in [5.74, 6) is 0. The molecule has 0 aliphatic rings. The van der Waals surface area contributed by atoms with Crippen LogP contribution in [-0.2, 0) is 9.84 Å². The van der Waals surface area contributed by atoms with Crippen LogP contribution >= 0.6 is 12.2 Å². The Kier molecular flexibility index (Phi) is 2.93. The van der Waals surface area contributed by atoms with Gasteiger partial charge in [-0.25, -0.2) is 8.42 Å². The van der Waals surface area contributed by atoms with E-state index in [0.29, 0.717) is 5.69 Å². The maximum Gasteiger partial charge on any atom is 0.175 e. The highest BCUT2D eigenvalue weighted by Gasteiger charge is 2.05. The minimum Gasteiger partial charge on any atom is -0.224 e. The minimum atomic E-state index is -3.12. The molecular weight excluding hydrogens is 206 g/mol. The summed E-state index contributed by atoms with van der Waals surface area (Å²) in [5.41, 5.74) is 0.599. The molecule has 0 atom stereocenters. The van der Waals surface area contributed by atoms with E-state index in [4.69, 9.17) is 0 Å². The zero-order valence-electron chi connectivity index (χ0n) is 6.89. The van der Waals surface area contributed by atoms with Crippen LogP contribution in [0, 0.1) is 0 Å². The fraction of sp³-hybridized carbons (Fsp3) is 0.125. The molecule has 0 saturated heterocycles. The van der Waals surface area contributed by atoms with Crippen molar-refractivity contribution in [3.63, 3.8) is 0 Å². The average Bonchev–Trinajstić information content (AvgIpc) is 2.04. The number of hydrogen-bond donors (Lipinski definition) is 0. The Balaban J connectivity index is 3.15. The maximum atomic E-state index is 11.0. The molecule has 0 spiro atoms. The van der Waals surface area contributed by atoms with E-state index in [1.807, 2.05) is 0 Å². The van der Waals surface area contributed by atoms with E-state index in [9.17, 15) is 8.42 Å². The molecule has 0 aliphatic heterocycles. The molecule has 5 heteroatoms. The first-order chi connectivity index (χ1) is 6.04. The topological polar surface area (TPSA) is 46.5 Å². The molecule has 3 nitrogen and oxygen atoms in total. The van der Waals surface area contributed by atoms with Gasteiger partial charge in [-0.15, -0.1) is 0 Å². The third-order valence-corrected chi connectivity index (χ3v) is 2.66. The zero-order chi connectivity index (χ0) is 9.90. The van der Waals surface area contributed by atoms with Gasteiger partial charge in [0, 0.05) is 6.26 Å². The van der Waals surface area contributed by atoms with Crippen LogP contribution in [0.3, 0.4) is 0 Å². The SMILES string of the molecule is CS(=O)(=O)c1ccc(N=C=S)cc1. The maximum absolute atomic E-state index is 11.0. The van der Waals surface area contributed by atoms with E-state index in [2.05, 4.69) is 22.4 Å². The van der Waals surface area contributed by atoms with Crippen LogP contribution in [0.2, 0.25) is 0 Å². The summed E-state index contributed by atoms with van der Waals surface area (Å²) in [4.78, 5) is 3.97. The second-order valence-corrected chi connectivity index (χ2v) is 4.67. The van der Waals surface area contributed by atoms with Crippen LogP contribution in [0.15, 0.2) is 34.2 Å². The molecule has 0 N–H and O–H groups in total. The number of sulfone groups is 1. The summed E-state index contributed by atoms with van der Waals surface area (Å²) in [5, 5.41) is 2.20. The number of isothiocyanates is 1. The van der Waals surface area contributed by atoms with Crippen LogP contribution in [0.25, 0.3) is 0 Å². The molecule has 0 heterocycles. The fourth-order valence-corrected chi connectivity index (χ4v) is 1.56. The van der Waals surface area contributed by atoms with Crippen molar-refractivity contribution in [2.45, 2.75) is 4.90 Å². The molecule has 1 rings (SSSR count). The minimum absolute atomic E-state index is 0.274. The quantitative estimate of drug-likeness (QED) is 0.556. The molecule has 13 heavy (non-hydrogen) atoms. The van der Waals surface area contributed by atoms with Gasteiger partial charge < -0.3 is 0 Å². The van der Waals surface area contributed by atoms with Crippen LogP contribution in [0.4, 0.5) is 5.69 Å². The van der Waals surface area contributed by atoms with Gasteiger partial charge in [-0.05, 0) is 36.5 Å². The smallest absolute Gasteiger partial charge is 0.175 e. The summed E-state index contributed by atoms with van der Waals surface area (Å²) in [6, 6.07) is 6.13. The van der Waals surface area contributed by atoms with Crippen LogP contribution in [0.5, 0.6) is 0 Å². The van der Waals surface area contributed by atoms with Crippen molar-refractivity contribution in [3.05, 3.63) is 24.3 Å². The van der Waals surface area contributed by atoms with Gasteiger partial charge in [0.25, 0.3) is 0 Å². The van der Waals surface area contributed by atoms with E-state index in [-0.39, 0.29) is 4.90 Å². The van der Waals surface area contributed by atoms with E-state index in [1.54, 1.807) is 12.1 Å². The lowest BCUT2D eigenvalue weighted by Crippen LogP contribution is -1.95. The van der Waals surface area contributed by atoms with Crippen LogP contribution < -0.4 is 0 Å². The second kappa shape index (κ2) is 3.79. The predicted octanol–water partition coefficient (Wildman–Crippen LogP) is 1.82. The van der Waals surface area contributed by atoms with Crippen molar-refractivity contribution in [1.29, 1.82) is 0 Å². The van der Waals surface area contributed by atoms with Gasteiger partial charge in [-0.3, -0.25) is 0 Å². The third kappa shape index (κ3) is 2.73. The van der Waals surface area contributed by atoms with Crippen molar-refractivity contribution >= 4 is 32.9 Å². The number of aliphatic imine (C=N–C) groups is 1. The Hall–Kier alpha value is -1.03. The van der Waals surface area contributed by atoms with Crippen molar-refractivity contribution in [2.24, 2.45) is 4.99 Å². The molecule has 1 aromatic carbocycles. The monoisotopic (exact) mass is 213 g/mol. The van der Waals surface area contributed by atoms with Crippen molar-refractivity contribution in [1.82, 2.24) is 0 Å². The largest absolute Gasteiger partial charge is 0.224 e. The van der Waals surface area contributed by atoms with Crippen LogP contribution in [-0.4, -0.2) is 19.8 Å². The van der Waals surface area contributed by atoms with Gasteiger partial charge in [0.1, 0.15) is 0 Å². The molecule has 0 fully saturated rings.